The summed E-state index contributed by atoms with van der Waals surface area (Å²) in [6.45, 7) is 5.72. The summed E-state index contributed by atoms with van der Waals surface area (Å²) in [5, 5.41) is 0. The molecule has 0 spiro atoms. The number of carbonyl (C=O) groups is 2. The van der Waals surface area contributed by atoms with Crippen LogP contribution in [0.1, 0.15) is 32.4 Å². The van der Waals surface area contributed by atoms with Gasteiger partial charge in [0.1, 0.15) is 0 Å². The summed E-state index contributed by atoms with van der Waals surface area (Å²) in [6, 6.07) is 9.43. The van der Waals surface area contributed by atoms with Crippen molar-refractivity contribution in [2.45, 2.75) is 38.0 Å². The summed E-state index contributed by atoms with van der Waals surface area (Å²) in [6.07, 6.45) is 3.88. The van der Waals surface area contributed by atoms with Gasteiger partial charge in [0.15, 0.2) is 0 Å². The molecule has 2 amide bonds. The second-order valence-electron chi connectivity index (χ2n) is 6.89. The molecule has 2 fully saturated rings. The predicted molar refractivity (Wildman–Crippen MR) is 80.7 cm³/mol. The van der Waals surface area contributed by atoms with Gasteiger partial charge in [0.2, 0.25) is 11.8 Å². The second-order valence-corrected chi connectivity index (χ2v) is 6.89. The topological polar surface area (TPSA) is 46.6 Å². The van der Waals surface area contributed by atoms with E-state index in [-0.39, 0.29) is 17.9 Å². The Morgan fingerprint density at radius 1 is 1.00 bits per heavy atom. The summed E-state index contributed by atoms with van der Waals surface area (Å²) in [7, 11) is 0. The van der Waals surface area contributed by atoms with Crippen LogP contribution >= 0.6 is 0 Å². The van der Waals surface area contributed by atoms with Gasteiger partial charge < -0.3 is 4.74 Å². The van der Waals surface area contributed by atoms with Crippen molar-refractivity contribution in [2.24, 2.45) is 11.8 Å². The van der Waals surface area contributed by atoms with E-state index in [1.165, 1.54) is 4.90 Å². The van der Waals surface area contributed by atoms with Crippen LogP contribution in [0.5, 0.6) is 0 Å². The molecule has 0 N–H and O–H groups in total. The van der Waals surface area contributed by atoms with Crippen molar-refractivity contribution in [3.05, 3.63) is 48.0 Å². The van der Waals surface area contributed by atoms with E-state index in [4.69, 9.17) is 4.74 Å². The molecule has 3 aliphatic heterocycles. The lowest BCUT2D eigenvalue weighted by Crippen LogP contribution is -2.40. The van der Waals surface area contributed by atoms with E-state index in [2.05, 4.69) is 0 Å². The highest BCUT2D eigenvalue weighted by Crippen LogP contribution is 2.57. The average molecular weight is 297 g/mol. The quantitative estimate of drug-likeness (QED) is 0.622. The minimum Gasteiger partial charge on any atom is -0.359 e. The van der Waals surface area contributed by atoms with Crippen molar-refractivity contribution >= 4 is 11.8 Å². The summed E-state index contributed by atoms with van der Waals surface area (Å²) in [4.78, 5) is 27.3. The van der Waals surface area contributed by atoms with Crippen LogP contribution in [-0.2, 0) is 14.3 Å². The SMILES string of the molecule is C[C@@H](c1ccccc1)N1C(=O)[C@@H]2[C@@H](C1=O)[C@]1(C)C=C[C@]2(C)O1. The zero-order valence-electron chi connectivity index (χ0n) is 12.9. The zero-order chi connectivity index (χ0) is 15.7. The van der Waals surface area contributed by atoms with E-state index in [1.54, 1.807) is 0 Å². The Hall–Kier alpha value is -1.94. The molecule has 4 rings (SSSR count). The molecule has 0 saturated carbocycles. The lowest BCUT2D eigenvalue weighted by molar-refractivity contribution is -0.148. The van der Waals surface area contributed by atoms with Gasteiger partial charge in [0.05, 0.1) is 29.1 Å². The number of nitrogens with zero attached hydrogens (tertiary/aromatic N) is 1. The minimum atomic E-state index is -0.655. The molecular formula is C18H19NO3. The van der Waals surface area contributed by atoms with Crippen molar-refractivity contribution < 1.29 is 14.3 Å². The number of amides is 2. The van der Waals surface area contributed by atoms with Crippen LogP contribution in [-0.4, -0.2) is 27.9 Å². The molecule has 3 aliphatic rings. The molecule has 22 heavy (non-hydrogen) atoms. The molecule has 0 aliphatic carbocycles. The normalized spacial score (nSPS) is 40.4. The smallest absolute Gasteiger partial charge is 0.237 e. The van der Waals surface area contributed by atoms with Crippen LogP contribution in [0.15, 0.2) is 42.5 Å². The van der Waals surface area contributed by atoms with E-state index in [0.29, 0.717) is 0 Å². The van der Waals surface area contributed by atoms with Crippen LogP contribution in [0, 0.1) is 11.8 Å². The lowest BCUT2D eigenvalue weighted by Gasteiger charge is -2.29. The molecule has 4 nitrogen and oxygen atoms in total. The number of imide groups is 1. The Labute approximate surface area is 129 Å². The molecule has 4 heteroatoms. The maximum atomic E-state index is 12.9. The maximum absolute atomic E-state index is 12.9. The molecule has 0 aromatic heterocycles. The zero-order valence-corrected chi connectivity index (χ0v) is 12.9. The monoisotopic (exact) mass is 297 g/mol. The van der Waals surface area contributed by atoms with Crippen LogP contribution in [0.25, 0.3) is 0 Å². The van der Waals surface area contributed by atoms with Gasteiger partial charge in [0.25, 0.3) is 0 Å². The van der Waals surface area contributed by atoms with Crippen LogP contribution in [0.2, 0.25) is 0 Å². The summed E-state index contributed by atoms with van der Waals surface area (Å²) in [5.41, 5.74) is -0.338. The molecule has 0 radical (unpaired) electrons. The first-order chi connectivity index (χ1) is 10.4. The Balaban J connectivity index is 1.74. The number of rotatable bonds is 2. The Kier molecular flexibility index (Phi) is 2.54. The van der Waals surface area contributed by atoms with E-state index < -0.39 is 23.0 Å². The van der Waals surface area contributed by atoms with Gasteiger partial charge in [-0.3, -0.25) is 14.5 Å². The Morgan fingerprint density at radius 2 is 1.50 bits per heavy atom. The van der Waals surface area contributed by atoms with Crippen molar-refractivity contribution in [2.75, 3.05) is 0 Å². The highest BCUT2D eigenvalue weighted by atomic mass is 16.5. The first kappa shape index (κ1) is 13.7. The fraction of sp³-hybridized carbons (Fsp3) is 0.444. The van der Waals surface area contributed by atoms with Gasteiger partial charge in [-0.1, -0.05) is 42.5 Å². The lowest BCUT2D eigenvalue weighted by atomic mass is 9.73. The van der Waals surface area contributed by atoms with Gasteiger partial charge in [-0.25, -0.2) is 0 Å². The molecule has 0 unspecified atom stereocenters. The number of carbonyl (C=O) groups excluding carboxylic acids is 2. The fourth-order valence-corrected chi connectivity index (χ4v) is 4.32. The summed E-state index contributed by atoms with van der Waals surface area (Å²) < 4.78 is 6.01. The largest absolute Gasteiger partial charge is 0.359 e. The fourth-order valence-electron chi connectivity index (χ4n) is 4.32. The maximum Gasteiger partial charge on any atom is 0.237 e. The molecule has 5 atom stereocenters. The third-order valence-corrected chi connectivity index (χ3v) is 5.43. The van der Waals surface area contributed by atoms with Gasteiger partial charge in [-0.15, -0.1) is 0 Å². The second kappa shape index (κ2) is 4.07. The van der Waals surface area contributed by atoms with Gasteiger partial charge >= 0.3 is 0 Å². The minimum absolute atomic E-state index is 0.109. The van der Waals surface area contributed by atoms with Crippen molar-refractivity contribution in [1.82, 2.24) is 4.90 Å². The predicted octanol–water partition coefficient (Wildman–Crippen LogP) is 2.47. The van der Waals surface area contributed by atoms with Gasteiger partial charge in [0, 0.05) is 0 Å². The van der Waals surface area contributed by atoms with Crippen molar-refractivity contribution in [3.63, 3.8) is 0 Å². The number of benzene rings is 1. The molecule has 114 valence electrons. The Morgan fingerprint density at radius 3 is 2.00 bits per heavy atom. The molecule has 1 aromatic carbocycles. The van der Waals surface area contributed by atoms with Crippen LogP contribution < -0.4 is 0 Å². The van der Waals surface area contributed by atoms with Crippen LogP contribution in [0.3, 0.4) is 0 Å². The average Bonchev–Trinajstić information content (AvgIpc) is 3.04. The third-order valence-electron chi connectivity index (χ3n) is 5.43. The number of fused-ring (bicyclic) bond motifs is 5. The van der Waals surface area contributed by atoms with E-state index in [9.17, 15) is 9.59 Å². The molecule has 2 bridgehead atoms. The molecule has 2 saturated heterocycles. The first-order valence-electron chi connectivity index (χ1n) is 7.70. The van der Waals surface area contributed by atoms with Crippen molar-refractivity contribution in [1.29, 1.82) is 0 Å². The summed E-state index contributed by atoms with van der Waals surface area (Å²) >= 11 is 0. The van der Waals surface area contributed by atoms with E-state index in [0.717, 1.165) is 5.56 Å². The van der Waals surface area contributed by atoms with Gasteiger partial charge in [-0.2, -0.15) is 0 Å². The molecule has 1 aromatic rings. The molecule has 3 heterocycles. The van der Waals surface area contributed by atoms with Gasteiger partial charge in [-0.05, 0) is 26.3 Å². The highest BCUT2D eigenvalue weighted by molar-refractivity contribution is 6.08. The summed E-state index contributed by atoms with van der Waals surface area (Å²) in [5.74, 6) is -1.02. The molecular weight excluding hydrogens is 278 g/mol. The highest BCUT2D eigenvalue weighted by Gasteiger charge is 2.70. The Bertz CT molecular complexity index is 662. The van der Waals surface area contributed by atoms with Crippen molar-refractivity contribution in [3.8, 4) is 0 Å². The third kappa shape index (κ3) is 1.51. The first-order valence-corrected chi connectivity index (χ1v) is 7.70. The van der Waals surface area contributed by atoms with E-state index >= 15 is 0 Å². The number of likely N-dealkylation sites (tertiary alicyclic amines) is 1. The van der Waals surface area contributed by atoms with Crippen LogP contribution in [0.4, 0.5) is 0 Å². The standard InChI is InChI=1S/C18H19NO3/c1-11(12-7-5-4-6-8-12)19-15(20)13-14(16(19)21)18(3)10-9-17(13,2)22-18/h4-11,13-14H,1-3H3/t11-,13-,14-,17-,18-/m0/s1. The number of hydrogen-bond donors (Lipinski definition) is 0. The number of hydrogen-bond acceptors (Lipinski definition) is 3. The van der Waals surface area contributed by atoms with E-state index in [1.807, 2.05) is 63.3 Å². The number of ether oxygens (including phenoxy) is 1.